The number of ether oxygens (including phenoxy) is 1. The molecule has 3 nitrogen and oxygen atoms in total. The molecule has 0 aromatic carbocycles. The summed E-state index contributed by atoms with van der Waals surface area (Å²) in [5.74, 6) is -0.837. The first-order valence-corrected chi connectivity index (χ1v) is 4.22. The zero-order valence-corrected chi connectivity index (χ0v) is 7.67. The van der Waals surface area contributed by atoms with E-state index in [-0.39, 0.29) is 0 Å². The second-order valence-electron chi connectivity index (χ2n) is 2.39. The quantitative estimate of drug-likeness (QED) is 0.491. The van der Waals surface area contributed by atoms with Gasteiger partial charge in [-0.2, -0.15) is 0 Å². The Bertz CT molecular complexity index is 161. The van der Waals surface area contributed by atoms with Crippen molar-refractivity contribution >= 4 is 5.97 Å². The molecule has 0 aromatic rings. The Morgan fingerprint density at radius 3 is 2.58 bits per heavy atom. The molecule has 70 valence electrons. The molecule has 0 spiro atoms. The van der Waals surface area contributed by atoms with Crippen LogP contribution >= 0.6 is 0 Å². The van der Waals surface area contributed by atoms with Gasteiger partial charge in [0.05, 0.1) is 6.61 Å². The van der Waals surface area contributed by atoms with Crippen LogP contribution in [-0.4, -0.2) is 24.3 Å². The van der Waals surface area contributed by atoms with Gasteiger partial charge >= 0.3 is 5.97 Å². The first-order valence-electron chi connectivity index (χ1n) is 4.22. The highest BCUT2D eigenvalue weighted by Crippen LogP contribution is 2.03. The predicted octanol–water partition coefficient (Wildman–Crippen LogP) is 1.83. The maximum absolute atomic E-state index is 10.6. The second kappa shape index (κ2) is 6.85. The summed E-state index contributed by atoms with van der Waals surface area (Å²) < 4.78 is 5.06. The van der Waals surface area contributed by atoms with E-state index in [1.165, 1.54) is 0 Å². The summed E-state index contributed by atoms with van der Waals surface area (Å²) in [5, 5.41) is 8.68. The minimum atomic E-state index is -0.837. The van der Waals surface area contributed by atoms with Gasteiger partial charge in [-0.1, -0.05) is 13.0 Å². The monoisotopic (exact) mass is 172 g/mol. The van der Waals surface area contributed by atoms with Gasteiger partial charge in [-0.15, -0.1) is 0 Å². The van der Waals surface area contributed by atoms with Gasteiger partial charge < -0.3 is 9.84 Å². The molecule has 0 saturated carbocycles. The Labute approximate surface area is 73.0 Å². The van der Waals surface area contributed by atoms with Crippen LogP contribution in [0.2, 0.25) is 0 Å². The minimum absolute atomic E-state index is 0.450. The number of hydrogen-bond acceptors (Lipinski definition) is 2. The van der Waals surface area contributed by atoms with Crippen molar-refractivity contribution in [3.8, 4) is 0 Å². The molecule has 0 aliphatic carbocycles. The van der Waals surface area contributed by atoms with E-state index in [1.54, 1.807) is 6.08 Å². The van der Waals surface area contributed by atoms with Crippen LogP contribution in [-0.2, 0) is 9.53 Å². The summed E-state index contributed by atoms with van der Waals surface area (Å²) >= 11 is 0. The maximum atomic E-state index is 10.6. The van der Waals surface area contributed by atoms with Crippen molar-refractivity contribution in [2.75, 3.05) is 13.2 Å². The van der Waals surface area contributed by atoms with E-state index >= 15 is 0 Å². The van der Waals surface area contributed by atoms with E-state index in [1.807, 2.05) is 13.8 Å². The lowest BCUT2D eigenvalue weighted by atomic mass is 10.1. The molecular weight excluding hydrogens is 156 g/mol. The van der Waals surface area contributed by atoms with E-state index in [9.17, 15) is 4.79 Å². The summed E-state index contributed by atoms with van der Waals surface area (Å²) in [5.41, 5.74) is 0.450. The number of hydrogen-bond donors (Lipinski definition) is 1. The molecule has 0 fully saturated rings. The molecular formula is C9H16O3. The molecule has 0 saturated heterocycles. The molecule has 3 heteroatoms. The Morgan fingerprint density at radius 2 is 2.17 bits per heavy atom. The molecule has 12 heavy (non-hydrogen) atoms. The number of allylic oxidation sites excluding steroid dienone is 1. The fourth-order valence-electron chi connectivity index (χ4n) is 0.869. The summed E-state index contributed by atoms with van der Waals surface area (Å²) in [6, 6.07) is 0. The Balaban J connectivity index is 3.81. The normalized spacial score (nSPS) is 11.7. The Morgan fingerprint density at radius 1 is 1.50 bits per heavy atom. The standard InChI is InChI=1S/C9H16O3/c1-3-5-8(9(10)11)6-7-12-4-2/h5H,3-4,6-7H2,1-2H3,(H,10,11)/b8-5-. The molecule has 0 unspecified atom stereocenters. The number of rotatable bonds is 6. The van der Waals surface area contributed by atoms with E-state index < -0.39 is 5.97 Å². The minimum Gasteiger partial charge on any atom is -0.478 e. The molecule has 0 rings (SSSR count). The Hall–Kier alpha value is -0.830. The van der Waals surface area contributed by atoms with Crippen molar-refractivity contribution in [3.63, 3.8) is 0 Å². The first kappa shape index (κ1) is 11.2. The summed E-state index contributed by atoms with van der Waals surface area (Å²) in [4.78, 5) is 10.6. The predicted molar refractivity (Wildman–Crippen MR) is 47.1 cm³/mol. The van der Waals surface area contributed by atoms with Gasteiger partial charge in [0.1, 0.15) is 0 Å². The van der Waals surface area contributed by atoms with Crippen molar-refractivity contribution < 1.29 is 14.6 Å². The van der Waals surface area contributed by atoms with Crippen LogP contribution in [0.1, 0.15) is 26.7 Å². The summed E-state index contributed by atoms with van der Waals surface area (Å²) in [6.07, 6.45) is 2.98. The number of carboxylic acid groups (broad SMARTS) is 1. The van der Waals surface area contributed by atoms with Gasteiger partial charge in [0.25, 0.3) is 0 Å². The summed E-state index contributed by atoms with van der Waals surface area (Å²) in [6.45, 7) is 4.95. The van der Waals surface area contributed by atoms with Crippen LogP contribution < -0.4 is 0 Å². The summed E-state index contributed by atoms with van der Waals surface area (Å²) in [7, 11) is 0. The van der Waals surface area contributed by atoms with Crippen LogP contribution in [0.3, 0.4) is 0 Å². The van der Waals surface area contributed by atoms with E-state index in [0.717, 1.165) is 6.42 Å². The van der Waals surface area contributed by atoms with Crippen LogP contribution in [0.4, 0.5) is 0 Å². The van der Waals surface area contributed by atoms with Crippen molar-refractivity contribution in [2.45, 2.75) is 26.7 Å². The third kappa shape index (κ3) is 4.91. The van der Waals surface area contributed by atoms with Gasteiger partial charge in [0.15, 0.2) is 0 Å². The van der Waals surface area contributed by atoms with Gasteiger partial charge in [-0.25, -0.2) is 4.79 Å². The van der Waals surface area contributed by atoms with Crippen molar-refractivity contribution in [3.05, 3.63) is 11.6 Å². The average Bonchev–Trinajstić information content (AvgIpc) is 2.03. The molecule has 0 aliphatic rings. The SMILES string of the molecule is CC/C=C(/CCOCC)C(=O)O. The molecule has 0 heterocycles. The lowest BCUT2D eigenvalue weighted by Crippen LogP contribution is -2.04. The van der Waals surface area contributed by atoms with Crippen LogP contribution in [0.15, 0.2) is 11.6 Å². The first-order chi connectivity index (χ1) is 5.72. The third-order valence-corrected chi connectivity index (χ3v) is 1.45. The van der Waals surface area contributed by atoms with Crippen molar-refractivity contribution in [2.24, 2.45) is 0 Å². The molecule has 0 atom stereocenters. The smallest absolute Gasteiger partial charge is 0.331 e. The molecule has 0 aliphatic heterocycles. The van der Waals surface area contributed by atoms with Gasteiger partial charge in [-0.3, -0.25) is 0 Å². The van der Waals surface area contributed by atoms with Crippen LogP contribution in [0.25, 0.3) is 0 Å². The van der Waals surface area contributed by atoms with Crippen molar-refractivity contribution in [1.29, 1.82) is 0 Å². The highest BCUT2D eigenvalue weighted by molar-refractivity contribution is 5.86. The fourth-order valence-corrected chi connectivity index (χ4v) is 0.869. The number of carbonyl (C=O) groups is 1. The fraction of sp³-hybridized carbons (Fsp3) is 0.667. The van der Waals surface area contributed by atoms with Crippen LogP contribution in [0.5, 0.6) is 0 Å². The average molecular weight is 172 g/mol. The lowest BCUT2D eigenvalue weighted by molar-refractivity contribution is -0.133. The highest BCUT2D eigenvalue weighted by atomic mass is 16.5. The molecule has 0 radical (unpaired) electrons. The number of aliphatic carboxylic acids is 1. The molecule has 0 aromatic heterocycles. The highest BCUT2D eigenvalue weighted by Gasteiger charge is 2.04. The van der Waals surface area contributed by atoms with Gasteiger partial charge in [0.2, 0.25) is 0 Å². The molecule has 0 amide bonds. The van der Waals surface area contributed by atoms with E-state index in [4.69, 9.17) is 9.84 Å². The van der Waals surface area contributed by atoms with Gasteiger partial charge in [-0.05, 0) is 13.3 Å². The maximum Gasteiger partial charge on any atom is 0.331 e. The van der Waals surface area contributed by atoms with Crippen molar-refractivity contribution in [1.82, 2.24) is 0 Å². The lowest BCUT2D eigenvalue weighted by Gasteiger charge is -2.01. The number of carboxylic acids is 1. The third-order valence-electron chi connectivity index (χ3n) is 1.45. The Kier molecular flexibility index (Phi) is 6.38. The van der Waals surface area contributed by atoms with Gasteiger partial charge in [0, 0.05) is 18.6 Å². The van der Waals surface area contributed by atoms with E-state index in [2.05, 4.69) is 0 Å². The second-order valence-corrected chi connectivity index (χ2v) is 2.39. The largest absolute Gasteiger partial charge is 0.478 e. The topological polar surface area (TPSA) is 46.5 Å². The zero-order chi connectivity index (χ0) is 9.40. The van der Waals surface area contributed by atoms with Crippen LogP contribution in [0, 0.1) is 0 Å². The van der Waals surface area contributed by atoms with E-state index in [0.29, 0.717) is 25.2 Å². The zero-order valence-electron chi connectivity index (χ0n) is 7.67. The molecule has 1 N–H and O–H groups in total. The molecule has 0 bridgehead atoms.